The summed E-state index contributed by atoms with van der Waals surface area (Å²) in [4.78, 5) is 13.2. The average molecular weight is 262 g/mol. The van der Waals surface area contributed by atoms with Gasteiger partial charge in [0.25, 0.3) is 0 Å². The topological polar surface area (TPSA) is 70.3 Å². The van der Waals surface area contributed by atoms with Gasteiger partial charge in [0.2, 0.25) is 0 Å². The van der Waals surface area contributed by atoms with Gasteiger partial charge >= 0.3 is 0 Å². The van der Waals surface area contributed by atoms with E-state index in [1.165, 1.54) is 0 Å². The van der Waals surface area contributed by atoms with Gasteiger partial charge in [-0.05, 0) is 0 Å². The van der Waals surface area contributed by atoms with Crippen LogP contribution in [-0.4, -0.2) is 60.7 Å². The molecule has 1 aliphatic rings. The van der Waals surface area contributed by atoms with Crippen molar-refractivity contribution in [2.75, 3.05) is 56.0 Å². The summed E-state index contributed by atoms with van der Waals surface area (Å²) >= 11 is 0. The molecule has 0 aliphatic carbocycles. The minimum absolute atomic E-state index is 0.709. The molecule has 6 nitrogen and oxygen atoms in total. The van der Waals surface area contributed by atoms with Gasteiger partial charge in [0.05, 0.1) is 0 Å². The molecule has 0 aromatic carbocycles. The molecule has 0 bridgehead atoms. The lowest BCUT2D eigenvalue weighted by atomic mass is 10.3. The quantitative estimate of drug-likeness (QED) is 0.712. The van der Waals surface area contributed by atoms with Crippen molar-refractivity contribution in [2.24, 2.45) is 5.73 Å². The van der Waals surface area contributed by atoms with Gasteiger partial charge in [0.15, 0.2) is 0 Å². The summed E-state index contributed by atoms with van der Waals surface area (Å²) < 4.78 is 0. The third-order valence-corrected chi connectivity index (χ3v) is 3.22. The number of hydrogen-bond donors (Lipinski definition) is 2. The van der Waals surface area contributed by atoms with Crippen LogP contribution in [0.15, 0.2) is 25.0 Å². The van der Waals surface area contributed by atoms with Gasteiger partial charge in [-0.1, -0.05) is 6.08 Å². The predicted octanol–water partition coefficient (Wildman–Crippen LogP) is 0.155. The molecule has 1 aromatic heterocycles. The van der Waals surface area contributed by atoms with E-state index >= 15 is 0 Å². The Hall–Kier alpha value is -1.66. The van der Waals surface area contributed by atoms with E-state index in [0.29, 0.717) is 6.54 Å². The van der Waals surface area contributed by atoms with E-state index in [4.69, 9.17) is 5.73 Å². The molecule has 3 N–H and O–H groups in total. The highest BCUT2D eigenvalue weighted by Crippen LogP contribution is 2.15. The highest BCUT2D eigenvalue weighted by Gasteiger charge is 2.17. The standard InChI is InChI=1S/C13H22N6/c1-2-4-15-12-10-13(17-11-16-12)19-8-6-18(5-3-14)7-9-19/h2,10-11H,1,3-9,14H2,(H,15,16,17). The van der Waals surface area contributed by atoms with Crippen molar-refractivity contribution in [2.45, 2.75) is 0 Å². The van der Waals surface area contributed by atoms with Gasteiger partial charge < -0.3 is 16.0 Å². The van der Waals surface area contributed by atoms with E-state index in [-0.39, 0.29) is 0 Å². The molecule has 1 aromatic rings. The second kappa shape index (κ2) is 7.06. The fourth-order valence-electron chi connectivity index (χ4n) is 2.18. The maximum atomic E-state index is 5.58. The molecular weight excluding hydrogens is 240 g/mol. The van der Waals surface area contributed by atoms with Gasteiger partial charge in [0, 0.05) is 51.9 Å². The van der Waals surface area contributed by atoms with E-state index < -0.39 is 0 Å². The zero-order valence-corrected chi connectivity index (χ0v) is 11.3. The fourth-order valence-corrected chi connectivity index (χ4v) is 2.18. The first-order valence-corrected chi connectivity index (χ1v) is 6.67. The number of anilines is 2. The van der Waals surface area contributed by atoms with E-state index in [2.05, 4.69) is 31.7 Å². The molecule has 2 rings (SSSR count). The third-order valence-electron chi connectivity index (χ3n) is 3.22. The molecule has 0 radical (unpaired) electrons. The lowest BCUT2D eigenvalue weighted by molar-refractivity contribution is 0.264. The summed E-state index contributed by atoms with van der Waals surface area (Å²) in [5.74, 6) is 1.82. The van der Waals surface area contributed by atoms with Gasteiger partial charge in [-0.25, -0.2) is 9.97 Å². The Morgan fingerprint density at radius 2 is 2.11 bits per heavy atom. The minimum atomic E-state index is 0.709. The summed E-state index contributed by atoms with van der Waals surface area (Å²) in [5, 5.41) is 3.18. The Kier molecular flexibility index (Phi) is 5.11. The van der Waals surface area contributed by atoms with Crippen LogP contribution in [0, 0.1) is 0 Å². The molecule has 1 saturated heterocycles. The Bertz CT molecular complexity index is 400. The van der Waals surface area contributed by atoms with Crippen LogP contribution in [-0.2, 0) is 0 Å². The molecule has 19 heavy (non-hydrogen) atoms. The van der Waals surface area contributed by atoms with Crippen molar-refractivity contribution < 1.29 is 0 Å². The van der Waals surface area contributed by atoms with Crippen molar-refractivity contribution in [3.8, 4) is 0 Å². The molecule has 1 aliphatic heterocycles. The van der Waals surface area contributed by atoms with Crippen LogP contribution in [0.2, 0.25) is 0 Å². The number of nitrogens with zero attached hydrogens (tertiary/aromatic N) is 4. The number of aromatic nitrogens is 2. The van der Waals surface area contributed by atoms with E-state index in [9.17, 15) is 0 Å². The van der Waals surface area contributed by atoms with Crippen molar-refractivity contribution in [3.63, 3.8) is 0 Å². The summed E-state index contributed by atoms with van der Waals surface area (Å²) in [5.41, 5.74) is 5.58. The third kappa shape index (κ3) is 3.90. The predicted molar refractivity (Wildman–Crippen MR) is 78.4 cm³/mol. The average Bonchev–Trinajstić information content (AvgIpc) is 2.46. The number of nitrogens with one attached hydrogen (secondary N) is 1. The zero-order valence-electron chi connectivity index (χ0n) is 11.3. The number of nitrogens with two attached hydrogens (primary N) is 1. The smallest absolute Gasteiger partial charge is 0.134 e. The van der Waals surface area contributed by atoms with Gasteiger partial charge in [-0.3, -0.25) is 4.90 Å². The van der Waals surface area contributed by atoms with Crippen molar-refractivity contribution in [1.29, 1.82) is 0 Å². The Balaban J connectivity index is 1.93. The number of hydrogen-bond acceptors (Lipinski definition) is 6. The molecule has 0 saturated carbocycles. The van der Waals surface area contributed by atoms with Crippen molar-refractivity contribution >= 4 is 11.6 Å². The monoisotopic (exact) mass is 262 g/mol. The fraction of sp³-hybridized carbons (Fsp3) is 0.538. The second-order valence-corrected chi connectivity index (χ2v) is 4.55. The first-order valence-electron chi connectivity index (χ1n) is 6.67. The summed E-state index contributed by atoms with van der Waals surface area (Å²) in [6.07, 6.45) is 3.42. The van der Waals surface area contributed by atoms with Gasteiger partial charge in [-0.2, -0.15) is 0 Å². The largest absolute Gasteiger partial charge is 0.366 e. The van der Waals surface area contributed by atoms with E-state index in [0.717, 1.165) is 50.9 Å². The Morgan fingerprint density at radius 3 is 2.79 bits per heavy atom. The van der Waals surface area contributed by atoms with Crippen LogP contribution in [0.3, 0.4) is 0 Å². The van der Waals surface area contributed by atoms with Crippen LogP contribution in [0.1, 0.15) is 0 Å². The highest BCUT2D eigenvalue weighted by atomic mass is 15.3. The molecule has 1 fully saturated rings. The van der Waals surface area contributed by atoms with Crippen LogP contribution in [0.25, 0.3) is 0 Å². The van der Waals surface area contributed by atoms with Crippen LogP contribution < -0.4 is 16.0 Å². The van der Waals surface area contributed by atoms with Crippen LogP contribution >= 0.6 is 0 Å². The molecule has 0 unspecified atom stereocenters. The van der Waals surface area contributed by atoms with E-state index in [1.54, 1.807) is 6.33 Å². The maximum Gasteiger partial charge on any atom is 0.134 e. The molecule has 0 amide bonds. The first-order chi connectivity index (χ1) is 9.33. The maximum absolute atomic E-state index is 5.58. The normalized spacial score (nSPS) is 16.4. The van der Waals surface area contributed by atoms with Crippen LogP contribution in [0.5, 0.6) is 0 Å². The molecule has 104 valence electrons. The minimum Gasteiger partial charge on any atom is -0.366 e. The highest BCUT2D eigenvalue weighted by molar-refractivity contribution is 5.48. The number of piperazine rings is 1. The van der Waals surface area contributed by atoms with Crippen molar-refractivity contribution in [1.82, 2.24) is 14.9 Å². The van der Waals surface area contributed by atoms with Gasteiger partial charge in [-0.15, -0.1) is 6.58 Å². The zero-order chi connectivity index (χ0) is 13.5. The lowest BCUT2D eigenvalue weighted by Gasteiger charge is -2.35. The van der Waals surface area contributed by atoms with Gasteiger partial charge in [0.1, 0.15) is 18.0 Å². The molecule has 2 heterocycles. The second-order valence-electron chi connectivity index (χ2n) is 4.55. The number of rotatable bonds is 6. The summed E-state index contributed by atoms with van der Waals surface area (Å²) in [6, 6.07) is 1.99. The van der Waals surface area contributed by atoms with Crippen molar-refractivity contribution in [3.05, 3.63) is 25.0 Å². The van der Waals surface area contributed by atoms with E-state index in [1.807, 2.05) is 12.1 Å². The van der Waals surface area contributed by atoms with Crippen LogP contribution in [0.4, 0.5) is 11.6 Å². The summed E-state index contributed by atoms with van der Waals surface area (Å²) in [7, 11) is 0. The summed E-state index contributed by atoms with van der Waals surface area (Å²) in [6.45, 7) is 10.1. The Morgan fingerprint density at radius 1 is 1.32 bits per heavy atom. The molecule has 6 heteroatoms. The first kappa shape index (κ1) is 13.8. The molecule has 0 spiro atoms. The Labute approximate surface area is 114 Å². The molecular formula is C13H22N6. The molecule has 0 atom stereocenters. The SMILES string of the molecule is C=CCNc1cc(N2CCN(CCN)CC2)ncn1. The lowest BCUT2D eigenvalue weighted by Crippen LogP contribution is -2.48.